The summed E-state index contributed by atoms with van der Waals surface area (Å²) in [5.41, 5.74) is 5.98. The van der Waals surface area contributed by atoms with Gasteiger partial charge in [0.15, 0.2) is 6.61 Å². The Bertz CT molecular complexity index is 633. The molecule has 1 saturated carbocycles. The normalized spacial score (nSPS) is 21.1. The molecule has 1 aliphatic heterocycles. The maximum Gasteiger partial charge on any atom is 0.255 e. The van der Waals surface area contributed by atoms with E-state index in [2.05, 4.69) is 4.90 Å². The smallest absolute Gasteiger partial charge is 0.255 e. The molecule has 1 heterocycles. The Labute approximate surface area is 148 Å². The number of amides is 2. The van der Waals surface area contributed by atoms with E-state index in [-0.39, 0.29) is 12.5 Å². The highest BCUT2D eigenvalue weighted by molar-refractivity contribution is 5.92. The largest absolute Gasteiger partial charge is 0.484 e. The molecule has 1 aromatic carbocycles. The third kappa shape index (κ3) is 4.62. The van der Waals surface area contributed by atoms with Gasteiger partial charge in [-0.3, -0.25) is 9.59 Å². The van der Waals surface area contributed by atoms with Crippen molar-refractivity contribution in [2.24, 2.45) is 11.7 Å². The van der Waals surface area contributed by atoms with Crippen LogP contribution in [0.2, 0.25) is 0 Å². The number of likely N-dealkylation sites (tertiary alicyclic amines) is 1. The van der Waals surface area contributed by atoms with Crippen molar-refractivity contribution in [2.75, 3.05) is 13.2 Å². The summed E-state index contributed by atoms with van der Waals surface area (Å²) in [6, 6.07) is 7.69. The lowest BCUT2D eigenvalue weighted by atomic mass is 9.96. The molecule has 1 saturated heterocycles. The quantitative estimate of drug-likeness (QED) is 0.808. The maximum absolute atomic E-state index is 12.6. The Morgan fingerprint density at radius 1 is 1.12 bits per heavy atom. The van der Waals surface area contributed by atoms with Gasteiger partial charge in [0, 0.05) is 18.7 Å². The number of carbonyl (C=O) groups excluding carboxylic acids is 2. The molecule has 0 spiro atoms. The van der Waals surface area contributed by atoms with Crippen LogP contribution in [0.5, 0.6) is 5.75 Å². The first-order valence-corrected chi connectivity index (χ1v) is 9.13. The highest BCUT2D eigenvalue weighted by Crippen LogP contribution is 2.35. The standard InChI is InChI=1S/C20H26N2O3/c21-19(23)14-25-17-10-7-15(8-11-17)9-12-20(24)22-13-3-6-18(22)16-4-1-2-5-16/h7-12,16,18H,1-6,13-14H2,(H2,21,23)/b12-9+. The molecule has 134 valence electrons. The van der Waals surface area contributed by atoms with Crippen molar-refractivity contribution in [2.45, 2.75) is 44.6 Å². The molecule has 2 fully saturated rings. The van der Waals surface area contributed by atoms with Crippen LogP contribution < -0.4 is 10.5 Å². The summed E-state index contributed by atoms with van der Waals surface area (Å²) in [6.45, 7) is 0.745. The molecule has 2 amide bonds. The average molecular weight is 342 g/mol. The minimum Gasteiger partial charge on any atom is -0.484 e. The molecule has 0 aromatic heterocycles. The topological polar surface area (TPSA) is 72.6 Å². The summed E-state index contributed by atoms with van der Waals surface area (Å²) in [7, 11) is 0. The fourth-order valence-corrected chi connectivity index (χ4v) is 3.99. The molecule has 1 atom stereocenters. The Morgan fingerprint density at radius 3 is 2.52 bits per heavy atom. The van der Waals surface area contributed by atoms with Crippen molar-refractivity contribution in [1.29, 1.82) is 0 Å². The zero-order valence-electron chi connectivity index (χ0n) is 14.5. The van der Waals surface area contributed by atoms with Crippen LogP contribution in [-0.4, -0.2) is 35.9 Å². The van der Waals surface area contributed by atoms with Crippen LogP contribution in [-0.2, 0) is 9.59 Å². The highest BCUT2D eigenvalue weighted by Gasteiger charge is 2.34. The monoisotopic (exact) mass is 342 g/mol. The van der Waals surface area contributed by atoms with Crippen molar-refractivity contribution in [1.82, 2.24) is 4.90 Å². The van der Waals surface area contributed by atoms with E-state index in [4.69, 9.17) is 10.5 Å². The van der Waals surface area contributed by atoms with E-state index in [1.54, 1.807) is 18.2 Å². The lowest BCUT2D eigenvalue weighted by molar-refractivity contribution is -0.127. The summed E-state index contributed by atoms with van der Waals surface area (Å²) >= 11 is 0. The summed E-state index contributed by atoms with van der Waals surface area (Å²) < 4.78 is 5.23. The van der Waals surface area contributed by atoms with E-state index in [0.717, 1.165) is 24.9 Å². The fraction of sp³-hybridized carbons (Fsp3) is 0.500. The van der Waals surface area contributed by atoms with Crippen molar-refractivity contribution >= 4 is 17.9 Å². The van der Waals surface area contributed by atoms with Crippen LogP contribution in [0.25, 0.3) is 6.08 Å². The van der Waals surface area contributed by atoms with Gasteiger partial charge in [0.2, 0.25) is 5.91 Å². The van der Waals surface area contributed by atoms with Crippen LogP contribution in [0.4, 0.5) is 0 Å². The number of nitrogens with zero attached hydrogens (tertiary/aromatic N) is 1. The predicted octanol–water partition coefficient (Wildman–Crippen LogP) is 2.75. The number of benzene rings is 1. The third-order valence-corrected chi connectivity index (χ3v) is 5.21. The highest BCUT2D eigenvalue weighted by atomic mass is 16.5. The Kier molecular flexibility index (Phi) is 5.74. The number of rotatable bonds is 6. The van der Waals surface area contributed by atoms with E-state index in [0.29, 0.717) is 17.7 Å². The lowest BCUT2D eigenvalue weighted by Crippen LogP contribution is -2.38. The van der Waals surface area contributed by atoms with E-state index in [1.165, 1.54) is 25.7 Å². The number of hydrogen-bond acceptors (Lipinski definition) is 3. The van der Waals surface area contributed by atoms with E-state index in [9.17, 15) is 9.59 Å². The van der Waals surface area contributed by atoms with Crippen LogP contribution in [0, 0.1) is 5.92 Å². The number of hydrogen-bond donors (Lipinski definition) is 1. The van der Waals surface area contributed by atoms with Gasteiger partial charge in [0.1, 0.15) is 5.75 Å². The van der Waals surface area contributed by atoms with Gasteiger partial charge in [-0.1, -0.05) is 25.0 Å². The second-order valence-electron chi connectivity index (χ2n) is 6.94. The van der Waals surface area contributed by atoms with Crippen molar-refractivity contribution in [3.8, 4) is 5.75 Å². The average Bonchev–Trinajstić information content (AvgIpc) is 3.29. The van der Waals surface area contributed by atoms with Gasteiger partial charge < -0.3 is 15.4 Å². The molecule has 1 aliphatic carbocycles. The van der Waals surface area contributed by atoms with E-state index < -0.39 is 5.91 Å². The number of carbonyl (C=O) groups is 2. The SMILES string of the molecule is NC(=O)COc1ccc(/C=C/C(=O)N2CCCC2C2CCCC2)cc1. The van der Waals surface area contributed by atoms with Crippen LogP contribution in [0.1, 0.15) is 44.1 Å². The zero-order chi connectivity index (χ0) is 17.6. The van der Waals surface area contributed by atoms with Crippen LogP contribution in [0.3, 0.4) is 0 Å². The minimum atomic E-state index is -0.503. The molecule has 25 heavy (non-hydrogen) atoms. The molecule has 0 bridgehead atoms. The molecule has 3 rings (SSSR count). The number of nitrogens with two attached hydrogens (primary N) is 1. The molecule has 1 unspecified atom stereocenters. The first kappa shape index (κ1) is 17.5. The summed E-state index contributed by atoms with van der Waals surface area (Å²) in [5.74, 6) is 0.894. The number of ether oxygens (including phenoxy) is 1. The van der Waals surface area contributed by atoms with Crippen LogP contribution >= 0.6 is 0 Å². The zero-order valence-corrected chi connectivity index (χ0v) is 14.5. The fourth-order valence-electron chi connectivity index (χ4n) is 3.99. The third-order valence-electron chi connectivity index (χ3n) is 5.21. The van der Waals surface area contributed by atoms with Gasteiger partial charge >= 0.3 is 0 Å². The summed E-state index contributed by atoms with van der Waals surface area (Å²) in [6.07, 6.45) is 10.9. The number of primary amides is 1. The van der Waals surface area contributed by atoms with Crippen molar-refractivity contribution in [3.05, 3.63) is 35.9 Å². The van der Waals surface area contributed by atoms with Gasteiger partial charge in [-0.25, -0.2) is 0 Å². The van der Waals surface area contributed by atoms with Gasteiger partial charge in [-0.2, -0.15) is 0 Å². The predicted molar refractivity (Wildman–Crippen MR) is 96.9 cm³/mol. The Hall–Kier alpha value is -2.30. The van der Waals surface area contributed by atoms with Gasteiger partial charge in [0.05, 0.1) is 0 Å². The molecular weight excluding hydrogens is 316 g/mol. The van der Waals surface area contributed by atoms with Crippen molar-refractivity contribution < 1.29 is 14.3 Å². The first-order chi connectivity index (χ1) is 12.1. The van der Waals surface area contributed by atoms with Crippen molar-refractivity contribution in [3.63, 3.8) is 0 Å². The van der Waals surface area contributed by atoms with Gasteiger partial charge in [-0.15, -0.1) is 0 Å². The Morgan fingerprint density at radius 2 is 1.84 bits per heavy atom. The molecule has 0 radical (unpaired) electrons. The molecule has 5 nitrogen and oxygen atoms in total. The minimum absolute atomic E-state index is 0.114. The molecule has 1 aromatic rings. The van der Waals surface area contributed by atoms with E-state index >= 15 is 0 Å². The Balaban J connectivity index is 1.57. The molecule has 2 aliphatic rings. The molecule has 2 N–H and O–H groups in total. The molecular formula is C20H26N2O3. The molecule has 5 heteroatoms. The van der Waals surface area contributed by atoms with Gasteiger partial charge in [-0.05, 0) is 55.4 Å². The summed E-state index contributed by atoms with van der Waals surface area (Å²) in [4.78, 5) is 25.4. The van der Waals surface area contributed by atoms with E-state index in [1.807, 2.05) is 18.2 Å². The van der Waals surface area contributed by atoms with Gasteiger partial charge in [0.25, 0.3) is 5.91 Å². The maximum atomic E-state index is 12.6. The van der Waals surface area contributed by atoms with Crippen LogP contribution in [0.15, 0.2) is 30.3 Å². The summed E-state index contributed by atoms with van der Waals surface area (Å²) in [5, 5.41) is 0. The second-order valence-corrected chi connectivity index (χ2v) is 6.94. The first-order valence-electron chi connectivity index (χ1n) is 9.13. The second kappa shape index (κ2) is 8.19. The lowest BCUT2D eigenvalue weighted by Gasteiger charge is -2.28.